The fourth-order valence-corrected chi connectivity index (χ4v) is 0.954. The summed E-state index contributed by atoms with van der Waals surface area (Å²) < 4.78 is 10.2. The van der Waals surface area contributed by atoms with Gasteiger partial charge in [0.25, 0.3) is 0 Å². The normalized spacial score (nSPS) is 34.2. The summed E-state index contributed by atoms with van der Waals surface area (Å²) in [7, 11) is 0. The molecule has 0 saturated carbocycles. The van der Waals surface area contributed by atoms with Crippen LogP contribution in [0.15, 0.2) is 0 Å². The van der Waals surface area contributed by atoms with Crippen molar-refractivity contribution in [1.82, 2.24) is 0 Å². The molecule has 1 aliphatic heterocycles. The monoisotopic (exact) mass is 148 g/mol. The van der Waals surface area contributed by atoms with E-state index in [1.54, 1.807) is 0 Å². The summed E-state index contributed by atoms with van der Waals surface area (Å²) in [5.41, 5.74) is 0. The largest absolute Gasteiger partial charge is 0.394 e. The van der Waals surface area contributed by atoms with E-state index in [1.807, 2.05) is 0 Å². The van der Waals surface area contributed by atoms with Crippen molar-refractivity contribution in [3.8, 4) is 0 Å². The zero-order chi connectivity index (χ0) is 7.40. The highest BCUT2D eigenvalue weighted by Crippen LogP contribution is 2.08. The van der Waals surface area contributed by atoms with Crippen LogP contribution in [-0.4, -0.2) is 48.8 Å². The van der Waals surface area contributed by atoms with Crippen molar-refractivity contribution in [1.29, 1.82) is 0 Å². The number of aliphatic hydroxyl groups is 2. The minimum atomic E-state index is -0.348. The number of hydrogen-bond donors (Lipinski definition) is 2. The third-order valence-corrected chi connectivity index (χ3v) is 1.52. The first-order valence-corrected chi connectivity index (χ1v) is 3.33. The molecule has 0 radical (unpaired) electrons. The molecule has 60 valence electrons. The highest BCUT2D eigenvalue weighted by atomic mass is 16.6. The van der Waals surface area contributed by atoms with Gasteiger partial charge < -0.3 is 19.7 Å². The molecule has 1 saturated heterocycles. The van der Waals surface area contributed by atoms with Crippen LogP contribution in [0.5, 0.6) is 0 Å². The minimum Gasteiger partial charge on any atom is -0.394 e. The summed E-state index contributed by atoms with van der Waals surface area (Å²) in [6, 6.07) is 0. The van der Waals surface area contributed by atoms with Crippen LogP contribution in [0.1, 0.15) is 0 Å². The van der Waals surface area contributed by atoms with E-state index < -0.39 is 0 Å². The van der Waals surface area contributed by atoms with E-state index in [-0.39, 0.29) is 25.4 Å². The molecule has 0 aromatic heterocycles. The molecular weight excluding hydrogens is 136 g/mol. The van der Waals surface area contributed by atoms with Gasteiger partial charge in [0.15, 0.2) is 0 Å². The van der Waals surface area contributed by atoms with Crippen molar-refractivity contribution in [3.63, 3.8) is 0 Å². The molecule has 0 spiro atoms. The summed E-state index contributed by atoms with van der Waals surface area (Å²) in [6.45, 7) is 0.819. The van der Waals surface area contributed by atoms with Crippen LogP contribution in [-0.2, 0) is 9.47 Å². The lowest BCUT2D eigenvalue weighted by Crippen LogP contribution is -2.42. The fraction of sp³-hybridized carbons (Fsp3) is 1.00. The van der Waals surface area contributed by atoms with Gasteiger partial charge in [-0.25, -0.2) is 0 Å². The molecule has 2 atom stereocenters. The van der Waals surface area contributed by atoms with Crippen molar-refractivity contribution in [2.24, 2.45) is 0 Å². The molecule has 10 heavy (non-hydrogen) atoms. The van der Waals surface area contributed by atoms with E-state index in [0.29, 0.717) is 13.2 Å². The maximum absolute atomic E-state index is 8.68. The van der Waals surface area contributed by atoms with Crippen LogP contribution < -0.4 is 0 Å². The van der Waals surface area contributed by atoms with Gasteiger partial charge in [-0.05, 0) is 0 Å². The molecule has 0 aromatic rings. The summed E-state index contributed by atoms with van der Waals surface area (Å²) in [6.07, 6.45) is -0.697. The zero-order valence-corrected chi connectivity index (χ0v) is 5.69. The van der Waals surface area contributed by atoms with E-state index >= 15 is 0 Å². The van der Waals surface area contributed by atoms with Gasteiger partial charge in [0.1, 0.15) is 12.2 Å². The quantitative estimate of drug-likeness (QED) is 0.514. The molecule has 1 aliphatic rings. The van der Waals surface area contributed by atoms with Crippen molar-refractivity contribution < 1.29 is 19.7 Å². The Balaban J connectivity index is 2.34. The molecule has 0 unspecified atom stereocenters. The molecule has 0 aromatic carbocycles. The maximum Gasteiger partial charge on any atom is 0.109 e. The lowest BCUT2D eigenvalue weighted by atomic mass is 10.2. The molecule has 4 heteroatoms. The minimum absolute atomic E-state index is 0.0920. The Morgan fingerprint density at radius 3 is 1.70 bits per heavy atom. The van der Waals surface area contributed by atoms with Crippen LogP contribution in [0.4, 0.5) is 0 Å². The second kappa shape index (κ2) is 3.88. The lowest BCUT2D eigenvalue weighted by molar-refractivity contribution is -0.164. The molecule has 0 amide bonds. The number of rotatable bonds is 2. The molecule has 2 N–H and O–H groups in total. The van der Waals surface area contributed by atoms with E-state index in [1.165, 1.54) is 0 Å². The predicted octanol–water partition coefficient (Wildman–Crippen LogP) is -1.24. The van der Waals surface area contributed by atoms with Gasteiger partial charge in [0.2, 0.25) is 0 Å². The summed E-state index contributed by atoms with van der Waals surface area (Å²) in [5.74, 6) is 0. The number of hydrogen-bond acceptors (Lipinski definition) is 4. The Hall–Kier alpha value is -0.160. The molecule has 0 aliphatic carbocycles. The zero-order valence-electron chi connectivity index (χ0n) is 5.69. The molecule has 0 bridgehead atoms. The number of ether oxygens (including phenoxy) is 2. The van der Waals surface area contributed by atoms with Crippen molar-refractivity contribution in [2.75, 3.05) is 26.4 Å². The van der Waals surface area contributed by atoms with E-state index in [0.717, 1.165) is 0 Å². The van der Waals surface area contributed by atoms with Crippen LogP contribution in [0.3, 0.4) is 0 Å². The first kappa shape index (κ1) is 7.94. The second-order valence-corrected chi connectivity index (χ2v) is 2.18. The first-order valence-electron chi connectivity index (χ1n) is 3.33. The smallest absolute Gasteiger partial charge is 0.109 e. The van der Waals surface area contributed by atoms with Gasteiger partial charge in [-0.2, -0.15) is 0 Å². The Morgan fingerprint density at radius 2 is 1.40 bits per heavy atom. The van der Waals surface area contributed by atoms with Gasteiger partial charge in [-0.15, -0.1) is 0 Å². The second-order valence-electron chi connectivity index (χ2n) is 2.18. The maximum atomic E-state index is 8.68. The predicted molar refractivity (Wildman–Crippen MR) is 33.7 cm³/mol. The van der Waals surface area contributed by atoms with Crippen molar-refractivity contribution in [2.45, 2.75) is 12.2 Å². The van der Waals surface area contributed by atoms with Crippen LogP contribution in [0.25, 0.3) is 0 Å². The Labute approximate surface area is 59.4 Å². The third-order valence-electron chi connectivity index (χ3n) is 1.52. The molecular formula is C6H12O4. The number of aliphatic hydroxyl groups excluding tert-OH is 2. The summed E-state index contributed by atoms with van der Waals surface area (Å²) >= 11 is 0. The van der Waals surface area contributed by atoms with E-state index in [4.69, 9.17) is 19.7 Å². The van der Waals surface area contributed by atoms with Gasteiger partial charge in [0, 0.05) is 0 Å². The topological polar surface area (TPSA) is 58.9 Å². The van der Waals surface area contributed by atoms with E-state index in [2.05, 4.69) is 0 Å². The van der Waals surface area contributed by atoms with Crippen LogP contribution in [0, 0.1) is 0 Å². The van der Waals surface area contributed by atoms with Gasteiger partial charge in [-0.1, -0.05) is 0 Å². The highest BCUT2D eigenvalue weighted by Gasteiger charge is 2.24. The highest BCUT2D eigenvalue weighted by molar-refractivity contribution is 4.71. The lowest BCUT2D eigenvalue weighted by Gasteiger charge is -2.28. The first-order chi connectivity index (χ1) is 4.88. The molecule has 1 heterocycles. The molecule has 4 nitrogen and oxygen atoms in total. The van der Waals surface area contributed by atoms with Gasteiger partial charge in [0.05, 0.1) is 26.4 Å². The SMILES string of the molecule is OC[C@@H]1OCCO[C@H]1CO. The van der Waals surface area contributed by atoms with Crippen LogP contribution in [0.2, 0.25) is 0 Å². The molecule has 1 fully saturated rings. The third kappa shape index (κ3) is 1.67. The average molecular weight is 148 g/mol. The standard InChI is InChI=1S/C6H12O4/c7-3-5-6(4-8)10-2-1-9-5/h5-8H,1-4H2/t5-,6-/m0/s1. The van der Waals surface area contributed by atoms with Crippen molar-refractivity contribution >= 4 is 0 Å². The average Bonchev–Trinajstić information content (AvgIpc) is 2.04. The van der Waals surface area contributed by atoms with Crippen LogP contribution >= 0.6 is 0 Å². The summed E-state index contributed by atoms with van der Waals surface area (Å²) in [4.78, 5) is 0. The summed E-state index contributed by atoms with van der Waals surface area (Å²) in [5, 5.41) is 17.4. The van der Waals surface area contributed by atoms with Gasteiger partial charge >= 0.3 is 0 Å². The van der Waals surface area contributed by atoms with Gasteiger partial charge in [-0.3, -0.25) is 0 Å². The van der Waals surface area contributed by atoms with Crippen molar-refractivity contribution in [3.05, 3.63) is 0 Å². The Bertz CT molecular complexity index is 83.7. The Kier molecular flexibility index (Phi) is 3.08. The Morgan fingerprint density at radius 1 is 1.00 bits per heavy atom. The molecule has 1 rings (SSSR count). The fourth-order valence-electron chi connectivity index (χ4n) is 0.954. The van der Waals surface area contributed by atoms with E-state index in [9.17, 15) is 0 Å².